The summed E-state index contributed by atoms with van der Waals surface area (Å²) >= 11 is 0. The van der Waals surface area contributed by atoms with Gasteiger partial charge in [0, 0.05) is 12.3 Å². The van der Waals surface area contributed by atoms with Crippen molar-refractivity contribution in [2.45, 2.75) is 132 Å². The van der Waals surface area contributed by atoms with E-state index in [-0.39, 0.29) is 17.5 Å². The van der Waals surface area contributed by atoms with Crippen LogP contribution in [0.3, 0.4) is 0 Å². The highest BCUT2D eigenvalue weighted by molar-refractivity contribution is 5.66. The molecule has 35 heavy (non-hydrogen) atoms. The van der Waals surface area contributed by atoms with Gasteiger partial charge in [0.15, 0.2) is 0 Å². The van der Waals surface area contributed by atoms with Crippen LogP contribution in [0.15, 0.2) is 0 Å². The third-order valence-corrected chi connectivity index (χ3v) is 14.4. The summed E-state index contributed by atoms with van der Waals surface area (Å²) < 4.78 is 12.7. The lowest BCUT2D eigenvalue weighted by atomic mass is 9.31. The topological polar surface area (TPSA) is 35.5 Å². The molecule has 3 heteroatoms. The van der Waals surface area contributed by atoms with Crippen molar-refractivity contribution in [1.29, 1.82) is 0 Å². The lowest BCUT2D eigenvalue weighted by molar-refractivity contribution is -0.254. The van der Waals surface area contributed by atoms with Crippen molar-refractivity contribution >= 4 is 5.97 Å². The van der Waals surface area contributed by atoms with Gasteiger partial charge in [-0.1, -0.05) is 48.5 Å². The summed E-state index contributed by atoms with van der Waals surface area (Å²) in [6.45, 7) is 20.5. The van der Waals surface area contributed by atoms with Crippen LogP contribution in [0.1, 0.15) is 120 Å². The number of esters is 1. The average molecular weight is 485 g/mol. The number of carbonyl (C=O) groups excluding carboxylic acids is 1. The Morgan fingerprint density at radius 2 is 1.49 bits per heavy atom. The number of ether oxygens (including phenoxy) is 2. The standard InChI is InChI=1S/C32H52O3/c1-20(33)35-24-12-13-29(6)22(28(24,4)5)11-14-31(8)23(29)10-9-21-25-26-27(2,3)15-17-32(25,19-34-26)18-16-30(21,31)7/h21-26H,9-19H2,1-8H3/t21-,22-,23+,24+,25-,26+,29+,30+,31-,32-/m1/s1. The van der Waals surface area contributed by atoms with Crippen LogP contribution in [0, 0.1) is 56.2 Å². The predicted molar refractivity (Wildman–Crippen MR) is 140 cm³/mol. The maximum Gasteiger partial charge on any atom is 0.302 e. The van der Waals surface area contributed by atoms with Crippen LogP contribution in [0.25, 0.3) is 0 Å². The van der Waals surface area contributed by atoms with Crippen molar-refractivity contribution in [1.82, 2.24) is 0 Å². The first-order valence-corrected chi connectivity index (χ1v) is 15.0. The van der Waals surface area contributed by atoms with E-state index >= 15 is 0 Å². The third kappa shape index (κ3) is 2.97. The van der Waals surface area contributed by atoms with Crippen molar-refractivity contribution in [2.75, 3.05) is 6.61 Å². The Kier molecular flexibility index (Phi) is 5.16. The van der Waals surface area contributed by atoms with Gasteiger partial charge in [-0.15, -0.1) is 0 Å². The fourth-order valence-electron chi connectivity index (χ4n) is 12.4. The minimum absolute atomic E-state index is 0.0503. The first-order chi connectivity index (χ1) is 16.2. The number of rotatable bonds is 1. The van der Waals surface area contributed by atoms with Gasteiger partial charge in [0.05, 0.1) is 12.7 Å². The smallest absolute Gasteiger partial charge is 0.302 e. The molecule has 0 aromatic rings. The van der Waals surface area contributed by atoms with E-state index in [0.717, 1.165) is 30.8 Å². The van der Waals surface area contributed by atoms with Gasteiger partial charge in [-0.3, -0.25) is 4.79 Å². The van der Waals surface area contributed by atoms with E-state index in [1.54, 1.807) is 6.92 Å². The lowest BCUT2D eigenvalue weighted by Gasteiger charge is -2.73. The van der Waals surface area contributed by atoms with Gasteiger partial charge in [-0.2, -0.15) is 0 Å². The highest BCUT2D eigenvalue weighted by Crippen LogP contribution is 2.78. The molecule has 5 saturated carbocycles. The Morgan fingerprint density at radius 1 is 0.771 bits per heavy atom. The zero-order valence-electron chi connectivity index (χ0n) is 24.0. The summed E-state index contributed by atoms with van der Waals surface area (Å²) in [5, 5.41) is 0. The summed E-state index contributed by atoms with van der Waals surface area (Å²) in [5.41, 5.74) is 2.00. The average Bonchev–Trinajstić information content (AvgIpc) is 3.10. The summed E-state index contributed by atoms with van der Waals surface area (Å²) in [4.78, 5) is 11.9. The van der Waals surface area contributed by atoms with Crippen LogP contribution in [0.4, 0.5) is 0 Å². The normalized spacial score (nSPS) is 55.7. The molecular weight excluding hydrogens is 432 g/mol. The molecule has 6 aliphatic rings. The molecule has 2 bridgehead atoms. The van der Waals surface area contributed by atoms with Crippen LogP contribution >= 0.6 is 0 Å². The molecule has 0 N–H and O–H groups in total. The van der Waals surface area contributed by atoms with Crippen LogP contribution in [-0.4, -0.2) is 24.8 Å². The van der Waals surface area contributed by atoms with Gasteiger partial charge in [0.1, 0.15) is 6.10 Å². The Bertz CT molecular complexity index is 906. The van der Waals surface area contributed by atoms with E-state index in [1.807, 2.05) is 0 Å². The highest BCUT2D eigenvalue weighted by Gasteiger charge is 2.72. The van der Waals surface area contributed by atoms with Crippen LogP contribution in [0.5, 0.6) is 0 Å². The second-order valence-corrected chi connectivity index (χ2v) is 16.2. The SMILES string of the molecule is CC(=O)O[C@H]1CC[C@@]2(C)[C@H](CC[C@]3(C)[C@H]2CC[C@@H]2[C@@H]4[C@@H]5OC[C@@]4(CCC5(C)C)CC[C@@]23C)C1(C)C. The van der Waals surface area contributed by atoms with Gasteiger partial charge in [-0.05, 0) is 115 Å². The molecule has 0 amide bonds. The van der Waals surface area contributed by atoms with Crippen molar-refractivity contribution < 1.29 is 14.3 Å². The molecule has 1 saturated heterocycles. The Balaban J connectivity index is 1.35. The molecule has 10 atom stereocenters. The summed E-state index contributed by atoms with van der Waals surface area (Å²) in [6.07, 6.45) is 13.7. The summed E-state index contributed by atoms with van der Waals surface area (Å²) in [6, 6.07) is 0. The molecule has 0 aromatic carbocycles. The number of hydrogen-bond donors (Lipinski definition) is 0. The van der Waals surface area contributed by atoms with E-state index in [1.165, 1.54) is 57.8 Å². The number of fused-ring (bicyclic) bond motifs is 5. The van der Waals surface area contributed by atoms with E-state index < -0.39 is 0 Å². The molecule has 1 heterocycles. The first-order valence-electron chi connectivity index (χ1n) is 15.0. The van der Waals surface area contributed by atoms with Crippen LogP contribution < -0.4 is 0 Å². The predicted octanol–water partition coefficient (Wildman–Crippen LogP) is 7.81. The summed E-state index contributed by atoms with van der Waals surface area (Å²) in [7, 11) is 0. The maximum absolute atomic E-state index is 11.9. The van der Waals surface area contributed by atoms with Crippen LogP contribution in [-0.2, 0) is 14.3 Å². The van der Waals surface area contributed by atoms with Gasteiger partial charge in [-0.25, -0.2) is 0 Å². The third-order valence-electron chi connectivity index (χ3n) is 14.4. The molecule has 3 nitrogen and oxygen atoms in total. The van der Waals surface area contributed by atoms with E-state index in [9.17, 15) is 4.79 Å². The van der Waals surface area contributed by atoms with E-state index in [2.05, 4.69) is 48.5 Å². The Morgan fingerprint density at radius 3 is 2.20 bits per heavy atom. The highest BCUT2D eigenvalue weighted by atomic mass is 16.5. The van der Waals surface area contributed by atoms with Gasteiger partial charge < -0.3 is 9.47 Å². The molecule has 0 aromatic heterocycles. The fraction of sp³-hybridized carbons (Fsp3) is 0.969. The van der Waals surface area contributed by atoms with Gasteiger partial charge in [0.2, 0.25) is 0 Å². The quantitative estimate of drug-likeness (QED) is 0.356. The largest absolute Gasteiger partial charge is 0.462 e. The van der Waals surface area contributed by atoms with Crippen molar-refractivity contribution in [3.63, 3.8) is 0 Å². The molecule has 0 unspecified atom stereocenters. The number of carbonyl (C=O) groups is 1. The molecule has 6 fully saturated rings. The van der Waals surface area contributed by atoms with Crippen molar-refractivity contribution in [3.05, 3.63) is 0 Å². The molecule has 0 radical (unpaired) electrons. The molecular formula is C32H52O3. The molecule has 1 aliphatic heterocycles. The number of hydrogen-bond acceptors (Lipinski definition) is 3. The van der Waals surface area contributed by atoms with E-state index in [4.69, 9.17) is 9.47 Å². The van der Waals surface area contributed by atoms with Crippen molar-refractivity contribution in [2.24, 2.45) is 56.2 Å². The Labute approximate surface area is 214 Å². The minimum atomic E-state index is -0.108. The molecule has 6 rings (SSSR count). The second kappa shape index (κ2) is 7.29. The zero-order valence-corrected chi connectivity index (χ0v) is 24.0. The van der Waals surface area contributed by atoms with Gasteiger partial charge >= 0.3 is 5.97 Å². The van der Waals surface area contributed by atoms with Crippen LogP contribution in [0.2, 0.25) is 0 Å². The molecule has 5 aliphatic carbocycles. The molecule has 0 spiro atoms. The Hall–Kier alpha value is -0.570. The lowest BCUT2D eigenvalue weighted by Crippen LogP contribution is -2.67. The maximum atomic E-state index is 11.9. The first kappa shape index (κ1) is 24.7. The fourth-order valence-corrected chi connectivity index (χ4v) is 12.4. The second-order valence-electron chi connectivity index (χ2n) is 16.2. The molecule has 198 valence electrons. The minimum Gasteiger partial charge on any atom is -0.462 e. The van der Waals surface area contributed by atoms with Gasteiger partial charge in [0.25, 0.3) is 0 Å². The van der Waals surface area contributed by atoms with E-state index in [0.29, 0.717) is 39.1 Å². The monoisotopic (exact) mass is 484 g/mol. The zero-order chi connectivity index (χ0) is 25.2. The van der Waals surface area contributed by atoms with Crippen molar-refractivity contribution in [3.8, 4) is 0 Å². The summed E-state index contributed by atoms with van der Waals surface area (Å²) in [5.74, 6) is 2.88.